The molecule has 2 aliphatic rings. The Labute approximate surface area is 237 Å². The summed E-state index contributed by atoms with van der Waals surface area (Å²) < 4.78 is 0. The highest BCUT2D eigenvalue weighted by Crippen LogP contribution is 2.38. The molecule has 0 spiro atoms. The van der Waals surface area contributed by atoms with Crippen molar-refractivity contribution in [2.24, 2.45) is 5.92 Å². The highest BCUT2D eigenvalue weighted by Gasteiger charge is 2.40. The van der Waals surface area contributed by atoms with Gasteiger partial charge < -0.3 is 10.2 Å². The molecule has 2 heterocycles. The molecule has 2 amide bonds. The maximum Gasteiger partial charge on any atom is 0.254 e. The number of carbonyl (C=O) groups excluding carboxylic acids is 2. The van der Waals surface area contributed by atoms with Crippen molar-refractivity contribution in [2.45, 2.75) is 65.1 Å². The van der Waals surface area contributed by atoms with E-state index in [1.165, 1.54) is 18.4 Å². The zero-order chi connectivity index (χ0) is 27.5. The fraction of sp³-hybridized carbons (Fsp3) is 0.394. The molecule has 0 unspecified atom stereocenters. The molecule has 1 N–H and O–H groups in total. The molecule has 0 aromatic heterocycles. The Bertz CT molecular complexity index is 1340. The minimum atomic E-state index is -0.378. The number of aryl methyl sites for hydroxylation is 2. The number of hydrogen-bond donors (Lipinski definition) is 1. The molecule has 6 heteroatoms. The summed E-state index contributed by atoms with van der Waals surface area (Å²) in [5.74, 6) is -0.489. The number of rotatable bonds is 6. The third-order valence-electron chi connectivity index (χ3n) is 8.44. The number of hydrogen-bond acceptors (Lipinski definition) is 3. The largest absolute Gasteiger partial charge is 0.331 e. The van der Waals surface area contributed by atoms with Gasteiger partial charge in [-0.25, -0.2) is 0 Å². The van der Waals surface area contributed by atoms with Gasteiger partial charge in [0, 0.05) is 35.4 Å². The number of anilines is 1. The van der Waals surface area contributed by atoms with Crippen LogP contribution in [-0.4, -0.2) is 40.7 Å². The Morgan fingerprint density at radius 3 is 2.36 bits per heavy atom. The predicted molar refractivity (Wildman–Crippen MR) is 158 cm³/mol. The number of amides is 2. The number of likely N-dealkylation sites (tertiary alicyclic amines) is 2. The van der Waals surface area contributed by atoms with Crippen molar-refractivity contribution >= 4 is 29.1 Å². The van der Waals surface area contributed by atoms with Crippen molar-refractivity contribution in [1.29, 1.82) is 0 Å². The summed E-state index contributed by atoms with van der Waals surface area (Å²) in [7, 11) is 0. The predicted octanol–water partition coefficient (Wildman–Crippen LogP) is 7.17. The van der Waals surface area contributed by atoms with E-state index in [0.717, 1.165) is 36.2 Å². The van der Waals surface area contributed by atoms with Gasteiger partial charge in [0.15, 0.2) is 0 Å². The molecule has 0 saturated carbocycles. The second-order valence-corrected chi connectivity index (χ2v) is 11.6. The average molecular weight is 544 g/mol. The van der Waals surface area contributed by atoms with E-state index in [-0.39, 0.29) is 23.8 Å². The number of nitrogens with zero attached hydrogens (tertiary/aromatic N) is 2. The number of piperidine rings is 1. The summed E-state index contributed by atoms with van der Waals surface area (Å²) in [6.07, 6.45) is 3.98. The Balaban J connectivity index is 1.45. The van der Waals surface area contributed by atoms with Gasteiger partial charge in [0.25, 0.3) is 5.91 Å². The van der Waals surface area contributed by atoms with Crippen LogP contribution in [0.3, 0.4) is 0 Å². The van der Waals surface area contributed by atoms with E-state index in [0.29, 0.717) is 35.3 Å². The van der Waals surface area contributed by atoms with Crippen molar-refractivity contribution in [3.8, 4) is 0 Å². The Morgan fingerprint density at radius 1 is 0.923 bits per heavy atom. The van der Waals surface area contributed by atoms with Crippen molar-refractivity contribution in [2.75, 3.05) is 18.4 Å². The molecule has 39 heavy (non-hydrogen) atoms. The maximum absolute atomic E-state index is 13.9. The second-order valence-electron chi connectivity index (χ2n) is 11.2. The summed E-state index contributed by atoms with van der Waals surface area (Å²) in [5.41, 5.74) is 5.52. The Kier molecular flexibility index (Phi) is 8.39. The monoisotopic (exact) mass is 543 g/mol. The molecule has 2 fully saturated rings. The average Bonchev–Trinajstić information content (AvgIpc) is 3.34. The fourth-order valence-electron chi connectivity index (χ4n) is 6.07. The molecule has 204 valence electrons. The molecule has 0 bridgehead atoms. The molecular formula is C33H38ClN3O2. The maximum atomic E-state index is 13.9. The van der Waals surface area contributed by atoms with Gasteiger partial charge >= 0.3 is 0 Å². The van der Waals surface area contributed by atoms with E-state index < -0.39 is 0 Å². The molecule has 2 aliphatic heterocycles. The van der Waals surface area contributed by atoms with Crippen LogP contribution in [0.15, 0.2) is 66.7 Å². The molecule has 0 radical (unpaired) electrons. The van der Waals surface area contributed by atoms with Crippen molar-refractivity contribution in [3.05, 3.63) is 99.6 Å². The molecule has 3 aromatic carbocycles. The molecule has 2 saturated heterocycles. The van der Waals surface area contributed by atoms with Crippen LogP contribution in [0.5, 0.6) is 0 Å². The van der Waals surface area contributed by atoms with Gasteiger partial charge in [-0.3, -0.25) is 14.5 Å². The minimum Gasteiger partial charge on any atom is -0.331 e. The van der Waals surface area contributed by atoms with Crippen molar-refractivity contribution in [1.82, 2.24) is 9.80 Å². The molecule has 5 rings (SSSR count). The smallest absolute Gasteiger partial charge is 0.254 e. The first-order chi connectivity index (χ1) is 18.8. The van der Waals surface area contributed by atoms with Crippen molar-refractivity contribution in [3.63, 3.8) is 0 Å². The zero-order valence-corrected chi connectivity index (χ0v) is 23.9. The first-order valence-electron chi connectivity index (χ1n) is 14.1. The summed E-state index contributed by atoms with van der Waals surface area (Å²) in [6.45, 7) is 8.87. The number of halogens is 1. The van der Waals surface area contributed by atoms with Crippen LogP contribution in [0, 0.1) is 19.8 Å². The molecule has 3 aromatic rings. The Morgan fingerprint density at radius 2 is 1.67 bits per heavy atom. The third kappa shape index (κ3) is 6.05. The molecule has 3 atom stereocenters. The van der Waals surface area contributed by atoms with Crippen LogP contribution in [0.2, 0.25) is 5.02 Å². The third-order valence-corrected chi connectivity index (χ3v) is 8.85. The van der Waals surface area contributed by atoms with Crippen LogP contribution >= 0.6 is 11.6 Å². The topological polar surface area (TPSA) is 52.7 Å². The normalized spacial score (nSPS) is 21.6. The summed E-state index contributed by atoms with van der Waals surface area (Å²) in [5, 5.41) is 3.70. The van der Waals surface area contributed by atoms with Gasteiger partial charge in [-0.15, -0.1) is 0 Å². The summed E-state index contributed by atoms with van der Waals surface area (Å²) in [4.78, 5) is 32.1. The standard InChI is InChI=1S/C33H38ClN3O2/c1-22-8-4-5-10-28(22)33(39)37-19-7-11-29(32(38)35-27-17-12-23(2)30(34)20-27)31(37)26-15-13-25(14-16-26)21-36-18-6-9-24(36)3/h4-5,8,10,12-17,20,24,29,31H,6-7,9,11,18-19,21H2,1-3H3,(H,35,38)/t24-,29-,31-/m0/s1. The van der Waals surface area contributed by atoms with E-state index in [1.807, 2.05) is 55.1 Å². The van der Waals surface area contributed by atoms with Gasteiger partial charge in [0.05, 0.1) is 12.0 Å². The van der Waals surface area contributed by atoms with Gasteiger partial charge in [-0.2, -0.15) is 0 Å². The summed E-state index contributed by atoms with van der Waals surface area (Å²) >= 11 is 6.33. The lowest BCUT2D eigenvalue weighted by Crippen LogP contribution is -2.46. The first-order valence-corrected chi connectivity index (χ1v) is 14.5. The number of benzene rings is 3. The van der Waals surface area contributed by atoms with Crippen LogP contribution in [0.4, 0.5) is 5.69 Å². The minimum absolute atomic E-state index is 0.0241. The van der Waals surface area contributed by atoms with Crippen LogP contribution in [0.25, 0.3) is 0 Å². The van der Waals surface area contributed by atoms with Gasteiger partial charge in [-0.1, -0.05) is 60.1 Å². The van der Waals surface area contributed by atoms with E-state index in [4.69, 9.17) is 11.6 Å². The van der Waals surface area contributed by atoms with Gasteiger partial charge in [0.2, 0.25) is 5.91 Å². The molecular weight excluding hydrogens is 506 g/mol. The SMILES string of the molecule is Cc1ccc(NC(=O)[C@H]2CCCN(C(=O)c3ccccc3C)[C@H]2c2ccc(CN3CCC[C@@H]3C)cc2)cc1Cl. The lowest BCUT2D eigenvalue weighted by molar-refractivity contribution is -0.123. The molecule has 0 aliphatic carbocycles. The van der Waals surface area contributed by atoms with Crippen molar-refractivity contribution < 1.29 is 9.59 Å². The lowest BCUT2D eigenvalue weighted by atomic mass is 9.83. The van der Waals surface area contributed by atoms with E-state index in [1.54, 1.807) is 6.07 Å². The quantitative estimate of drug-likeness (QED) is 0.358. The number of carbonyl (C=O) groups is 2. The highest BCUT2D eigenvalue weighted by atomic mass is 35.5. The fourth-order valence-corrected chi connectivity index (χ4v) is 6.25. The van der Waals surface area contributed by atoms with E-state index in [9.17, 15) is 9.59 Å². The molecule has 5 nitrogen and oxygen atoms in total. The Hall–Kier alpha value is -3.15. The van der Waals surface area contributed by atoms with E-state index in [2.05, 4.69) is 41.4 Å². The second kappa shape index (κ2) is 11.9. The first kappa shape index (κ1) is 27.4. The van der Waals surface area contributed by atoms with Gasteiger partial charge in [-0.05, 0) is 93.5 Å². The number of nitrogens with one attached hydrogen (secondary N) is 1. The van der Waals surface area contributed by atoms with Gasteiger partial charge in [0.1, 0.15) is 0 Å². The van der Waals surface area contributed by atoms with E-state index >= 15 is 0 Å². The zero-order valence-electron chi connectivity index (χ0n) is 23.1. The van der Waals surface area contributed by atoms with Crippen LogP contribution in [0.1, 0.15) is 71.3 Å². The van der Waals surface area contributed by atoms with Crippen LogP contribution in [-0.2, 0) is 11.3 Å². The van der Waals surface area contributed by atoms with Crippen LogP contribution < -0.4 is 5.32 Å². The lowest BCUT2D eigenvalue weighted by Gasteiger charge is -2.41. The highest BCUT2D eigenvalue weighted by molar-refractivity contribution is 6.31. The summed E-state index contributed by atoms with van der Waals surface area (Å²) in [6, 6.07) is 22.1.